The summed E-state index contributed by atoms with van der Waals surface area (Å²) in [5.41, 5.74) is 0.713. The van der Waals surface area contributed by atoms with Crippen molar-refractivity contribution in [2.45, 2.75) is 70.4 Å². The topological polar surface area (TPSA) is 215 Å². The fourth-order valence-electron chi connectivity index (χ4n) is 3.71. The second-order valence-electron chi connectivity index (χ2n) is 9.64. The van der Waals surface area contributed by atoms with Gasteiger partial charge in [0, 0.05) is 0 Å². The van der Waals surface area contributed by atoms with E-state index in [9.17, 15) is 23.7 Å². The van der Waals surface area contributed by atoms with Crippen molar-refractivity contribution in [2.24, 2.45) is 0 Å². The van der Waals surface area contributed by atoms with E-state index in [-0.39, 0.29) is 17.0 Å². The molecule has 0 aliphatic carbocycles. The Morgan fingerprint density at radius 2 is 1.67 bits per heavy atom. The summed E-state index contributed by atoms with van der Waals surface area (Å²) in [5, 5.41) is 10.9. The summed E-state index contributed by atoms with van der Waals surface area (Å²) >= 11 is 0. The van der Waals surface area contributed by atoms with Gasteiger partial charge in [0.05, 0.1) is 25.1 Å². The Bertz CT molecular complexity index is 1270. The van der Waals surface area contributed by atoms with Crippen molar-refractivity contribution in [1.82, 2.24) is 19.5 Å². The van der Waals surface area contributed by atoms with Gasteiger partial charge in [0.15, 0.2) is 29.0 Å². The van der Waals surface area contributed by atoms with Gasteiger partial charge in [0.25, 0.3) is 0 Å². The fraction of sp³-hybridized carbons (Fsp3) is 0.682. The fourth-order valence-corrected chi connectivity index (χ4v) is 4.67. The average Bonchev–Trinajstić information content (AvgIpc) is 3.40. The number of nitrogens with zero attached hydrogens (tertiary/aromatic N) is 4. The second-order valence-corrected chi connectivity index (χ2v) is 11.3. The number of phosphoric acid groups is 1. The quantitative estimate of drug-likeness (QED) is 0.185. The molecule has 17 nitrogen and oxygen atoms in total. The van der Waals surface area contributed by atoms with Crippen molar-refractivity contribution >= 4 is 37.1 Å². The molecule has 3 heterocycles. The Kier molecular flexibility index (Phi) is 10.6. The number of carbonyl (C=O) groups is 2. The highest BCUT2D eigenvalue weighted by atomic mass is 31.2. The SMILES string of the molecule is CC(C)OC(=O)OCOP(=O)(OCOC(=O)OC(C)C)OC[C@@]1(CF)O[C@@H](n2cnc3c(N)ncnc32)[C@](C)(F)[C@@H]1O. The van der Waals surface area contributed by atoms with Crippen LogP contribution in [0.1, 0.15) is 40.8 Å². The highest BCUT2D eigenvalue weighted by Gasteiger charge is 2.64. The van der Waals surface area contributed by atoms with Gasteiger partial charge in [-0.1, -0.05) is 0 Å². The van der Waals surface area contributed by atoms with Gasteiger partial charge in [-0.25, -0.2) is 46.9 Å². The number of alkyl halides is 2. The number of imidazole rings is 1. The van der Waals surface area contributed by atoms with E-state index in [1.165, 1.54) is 27.7 Å². The zero-order valence-electron chi connectivity index (χ0n) is 23.3. The van der Waals surface area contributed by atoms with Gasteiger partial charge >= 0.3 is 20.1 Å². The zero-order valence-corrected chi connectivity index (χ0v) is 24.2. The van der Waals surface area contributed by atoms with E-state index in [2.05, 4.69) is 24.4 Å². The minimum Gasteiger partial charge on any atom is -0.432 e. The average molecular weight is 627 g/mol. The van der Waals surface area contributed by atoms with Crippen molar-refractivity contribution in [1.29, 1.82) is 0 Å². The summed E-state index contributed by atoms with van der Waals surface area (Å²) in [6.45, 7) is 2.29. The second kappa shape index (κ2) is 13.4. The third-order valence-corrected chi connectivity index (χ3v) is 6.92. The molecule has 0 saturated carbocycles. The number of hydrogen-bond acceptors (Lipinski definition) is 16. The first-order valence-electron chi connectivity index (χ1n) is 12.4. The van der Waals surface area contributed by atoms with Crippen LogP contribution in [0.25, 0.3) is 11.2 Å². The molecule has 42 heavy (non-hydrogen) atoms. The molecule has 3 rings (SSSR count). The van der Waals surface area contributed by atoms with Gasteiger partial charge in [-0.05, 0) is 34.6 Å². The van der Waals surface area contributed by atoms with Gasteiger partial charge in [-0.3, -0.25) is 9.09 Å². The number of rotatable bonds is 13. The number of aromatic nitrogens is 4. The van der Waals surface area contributed by atoms with Crippen LogP contribution in [0, 0.1) is 0 Å². The number of anilines is 1. The molecule has 3 N–H and O–H groups in total. The lowest BCUT2D eigenvalue weighted by Gasteiger charge is -2.30. The standard InChI is InChI=1S/C22H32F2N5O12P/c1-12(2)39-19(31)34-10-37-42(33,38-11-35-20(32)40-13(3)4)36-7-22(6-23)17(30)21(5,24)18(41-22)29-9-28-14-15(25)26-8-27-16(14)29/h8-9,12-13,17-18,30H,6-7,10-11H2,1-5H3,(H2,25,26,27)/t17-,18+,21+,22+/m0/s1. The lowest BCUT2D eigenvalue weighted by atomic mass is 9.90. The van der Waals surface area contributed by atoms with E-state index in [0.29, 0.717) is 0 Å². The molecule has 20 heteroatoms. The lowest BCUT2D eigenvalue weighted by molar-refractivity contribution is -0.139. The number of aliphatic hydroxyl groups excluding tert-OH is 1. The Morgan fingerprint density at radius 1 is 1.10 bits per heavy atom. The normalized spacial score (nSPS) is 24.3. The van der Waals surface area contributed by atoms with Crippen LogP contribution in [0.2, 0.25) is 0 Å². The first-order chi connectivity index (χ1) is 19.6. The number of ether oxygens (including phenoxy) is 5. The molecule has 2 aromatic heterocycles. The maximum absolute atomic E-state index is 16.0. The summed E-state index contributed by atoms with van der Waals surface area (Å²) in [7, 11) is -4.90. The predicted molar refractivity (Wildman–Crippen MR) is 135 cm³/mol. The lowest BCUT2D eigenvalue weighted by Crippen LogP contribution is -2.51. The van der Waals surface area contributed by atoms with Crippen LogP contribution in [0.4, 0.5) is 24.2 Å². The Hall–Kier alpha value is -3.22. The number of nitrogens with two attached hydrogens (primary N) is 1. The molecule has 0 amide bonds. The highest BCUT2D eigenvalue weighted by Crippen LogP contribution is 2.53. The number of carbonyl (C=O) groups excluding carboxylic acids is 2. The molecule has 0 unspecified atom stereocenters. The highest BCUT2D eigenvalue weighted by molar-refractivity contribution is 7.48. The number of nitrogen functional groups attached to an aromatic ring is 1. The summed E-state index contributed by atoms with van der Waals surface area (Å²) in [6, 6.07) is 0. The largest absolute Gasteiger partial charge is 0.510 e. The molecule has 2 aromatic rings. The van der Waals surface area contributed by atoms with E-state index in [0.717, 1.165) is 24.1 Å². The maximum Gasteiger partial charge on any atom is 0.510 e. The van der Waals surface area contributed by atoms with Crippen LogP contribution in [-0.4, -0.2) is 93.4 Å². The van der Waals surface area contributed by atoms with Crippen LogP contribution >= 0.6 is 7.82 Å². The van der Waals surface area contributed by atoms with Crippen molar-refractivity contribution in [3.05, 3.63) is 12.7 Å². The van der Waals surface area contributed by atoms with E-state index in [1.807, 2.05) is 0 Å². The number of phosphoric ester groups is 1. The number of fused-ring (bicyclic) bond motifs is 1. The minimum absolute atomic E-state index is 0.0207. The van der Waals surface area contributed by atoms with E-state index in [1.54, 1.807) is 0 Å². The third-order valence-electron chi connectivity index (χ3n) is 5.63. The third kappa shape index (κ3) is 7.59. The van der Waals surface area contributed by atoms with E-state index < -0.39 is 82.8 Å². The van der Waals surface area contributed by atoms with Crippen LogP contribution in [0.3, 0.4) is 0 Å². The van der Waals surface area contributed by atoms with E-state index in [4.69, 9.17) is 33.5 Å². The van der Waals surface area contributed by atoms with E-state index >= 15 is 4.39 Å². The monoisotopic (exact) mass is 627 g/mol. The number of halogens is 2. The van der Waals surface area contributed by atoms with Crippen molar-refractivity contribution in [3.63, 3.8) is 0 Å². The molecule has 1 aliphatic rings. The Labute approximate surface area is 238 Å². The molecule has 1 aliphatic heterocycles. The summed E-state index contributed by atoms with van der Waals surface area (Å²) in [5.74, 6) is -0.0211. The molecule has 4 atom stereocenters. The van der Waals surface area contributed by atoms with Gasteiger partial charge in [-0.2, -0.15) is 0 Å². The first kappa shape index (κ1) is 33.3. The molecular weight excluding hydrogens is 595 g/mol. The molecule has 0 bridgehead atoms. The molecule has 236 valence electrons. The van der Waals surface area contributed by atoms with Crippen LogP contribution < -0.4 is 5.73 Å². The molecule has 0 spiro atoms. The maximum atomic E-state index is 16.0. The van der Waals surface area contributed by atoms with Crippen LogP contribution in [0.5, 0.6) is 0 Å². The molecule has 1 fully saturated rings. The molecule has 0 radical (unpaired) electrons. The van der Waals surface area contributed by atoms with Crippen molar-refractivity contribution in [2.75, 3.05) is 32.6 Å². The van der Waals surface area contributed by atoms with Gasteiger partial charge in [0.1, 0.15) is 24.6 Å². The zero-order chi connectivity index (χ0) is 31.3. The summed E-state index contributed by atoms with van der Waals surface area (Å²) < 4.78 is 84.2. The predicted octanol–water partition coefficient (Wildman–Crippen LogP) is 2.93. The molecule has 0 aromatic carbocycles. The Morgan fingerprint density at radius 3 is 2.19 bits per heavy atom. The molecule has 1 saturated heterocycles. The van der Waals surface area contributed by atoms with Crippen molar-refractivity contribution < 1.29 is 65.3 Å². The smallest absolute Gasteiger partial charge is 0.432 e. The Balaban J connectivity index is 1.79. The van der Waals surface area contributed by atoms with Crippen LogP contribution in [0.15, 0.2) is 12.7 Å². The van der Waals surface area contributed by atoms with Crippen molar-refractivity contribution in [3.8, 4) is 0 Å². The van der Waals surface area contributed by atoms with Gasteiger partial charge in [-0.15, -0.1) is 0 Å². The molecular formula is C22H32F2N5O12P. The number of hydrogen-bond donors (Lipinski definition) is 2. The first-order valence-corrected chi connectivity index (χ1v) is 13.8. The summed E-state index contributed by atoms with van der Waals surface area (Å²) in [6.07, 6.45) is -5.26. The summed E-state index contributed by atoms with van der Waals surface area (Å²) in [4.78, 5) is 35.1. The number of aliphatic hydroxyl groups is 1. The van der Waals surface area contributed by atoms with Gasteiger partial charge < -0.3 is 34.5 Å². The minimum atomic E-state index is -4.90. The van der Waals surface area contributed by atoms with Crippen LogP contribution in [-0.2, 0) is 41.8 Å². The van der Waals surface area contributed by atoms with Gasteiger partial charge in [0.2, 0.25) is 13.6 Å².